The van der Waals surface area contributed by atoms with Gasteiger partial charge in [-0.1, -0.05) is 18.2 Å². The molecule has 0 aliphatic carbocycles. The minimum absolute atomic E-state index is 0.00903. The largest absolute Gasteiger partial charge is 0.481 e. The summed E-state index contributed by atoms with van der Waals surface area (Å²) in [5, 5.41) is 12.1. The molecule has 0 aromatic heterocycles. The zero-order chi connectivity index (χ0) is 14.4. The molecule has 0 radical (unpaired) electrons. The molecule has 1 aliphatic heterocycles. The first-order valence-electron chi connectivity index (χ1n) is 6.97. The Kier molecular flexibility index (Phi) is 5.12. The van der Waals surface area contributed by atoms with E-state index in [1.165, 1.54) is 0 Å². The van der Waals surface area contributed by atoms with Crippen LogP contribution in [-0.4, -0.2) is 36.6 Å². The third-order valence-corrected chi connectivity index (χ3v) is 3.57. The van der Waals surface area contributed by atoms with Gasteiger partial charge in [0.25, 0.3) is 0 Å². The molecule has 5 nitrogen and oxygen atoms in total. The van der Waals surface area contributed by atoms with Crippen molar-refractivity contribution in [2.24, 2.45) is 5.92 Å². The van der Waals surface area contributed by atoms with Crippen LogP contribution < -0.4 is 10.2 Å². The van der Waals surface area contributed by atoms with E-state index in [1.807, 2.05) is 30.3 Å². The smallest absolute Gasteiger partial charge is 0.305 e. The third-order valence-electron chi connectivity index (χ3n) is 3.57. The molecule has 1 heterocycles. The molecule has 1 aliphatic rings. The Balaban J connectivity index is 2.12. The predicted octanol–water partition coefficient (Wildman–Crippen LogP) is 1.49. The summed E-state index contributed by atoms with van der Waals surface area (Å²) in [7, 11) is 0. The van der Waals surface area contributed by atoms with Crippen LogP contribution >= 0.6 is 0 Å². The minimum atomic E-state index is -0.885. The number of nitrogens with one attached hydrogen (secondary N) is 1. The van der Waals surface area contributed by atoms with Crippen molar-refractivity contribution in [3.05, 3.63) is 30.3 Å². The molecule has 2 rings (SSSR count). The van der Waals surface area contributed by atoms with Crippen LogP contribution in [0, 0.1) is 5.92 Å². The number of carbonyl (C=O) groups excluding carboxylic acids is 1. The van der Waals surface area contributed by atoms with Crippen LogP contribution in [0.2, 0.25) is 0 Å². The van der Waals surface area contributed by atoms with E-state index in [4.69, 9.17) is 5.11 Å². The van der Waals surface area contributed by atoms with E-state index in [0.29, 0.717) is 0 Å². The van der Waals surface area contributed by atoms with Crippen LogP contribution in [0.5, 0.6) is 0 Å². The van der Waals surface area contributed by atoms with Crippen molar-refractivity contribution in [3.8, 4) is 0 Å². The fraction of sp³-hybridized carbons (Fsp3) is 0.467. The van der Waals surface area contributed by atoms with Gasteiger partial charge in [0.1, 0.15) is 0 Å². The Hall–Kier alpha value is -1.88. The standard InChI is InChI=1S/C15H20N2O3/c18-14(19)8-11-17(13-4-2-1-3-5-13)15(20)12-6-9-16-10-7-12/h1-5,12,16H,6-11H2,(H,18,19). The molecule has 5 heteroatoms. The van der Waals surface area contributed by atoms with E-state index in [1.54, 1.807) is 4.90 Å². The Labute approximate surface area is 118 Å². The third kappa shape index (κ3) is 3.81. The number of carboxylic acid groups (broad SMARTS) is 1. The van der Waals surface area contributed by atoms with Crippen LogP contribution in [0.25, 0.3) is 0 Å². The SMILES string of the molecule is O=C(O)CCN(C(=O)C1CCNCC1)c1ccccc1. The molecule has 0 saturated carbocycles. The van der Waals surface area contributed by atoms with Gasteiger partial charge in [-0.3, -0.25) is 9.59 Å². The molecule has 0 unspecified atom stereocenters. The highest BCUT2D eigenvalue weighted by Gasteiger charge is 2.26. The summed E-state index contributed by atoms with van der Waals surface area (Å²) in [6, 6.07) is 9.30. The predicted molar refractivity (Wildman–Crippen MR) is 76.6 cm³/mol. The zero-order valence-electron chi connectivity index (χ0n) is 11.4. The Morgan fingerprint density at radius 1 is 1.20 bits per heavy atom. The molecule has 2 N–H and O–H groups in total. The lowest BCUT2D eigenvalue weighted by molar-refractivity contribution is -0.136. The number of rotatable bonds is 5. The molecule has 20 heavy (non-hydrogen) atoms. The first kappa shape index (κ1) is 14.5. The molecule has 108 valence electrons. The van der Waals surface area contributed by atoms with Gasteiger partial charge in [0.15, 0.2) is 0 Å². The van der Waals surface area contributed by atoms with E-state index < -0.39 is 5.97 Å². The number of nitrogens with zero attached hydrogens (tertiary/aromatic N) is 1. The second-order valence-corrected chi connectivity index (χ2v) is 4.99. The van der Waals surface area contributed by atoms with Gasteiger partial charge in [0, 0.05) is 18.2 Å². The number of anilines is 1. The highest BCUT2D eigenvalue weighted by molar-refractivity contribution is 5.95. The van der Waals surface area contributed by atoms with Crippen LogP contribution in [0.1, 0.15) is 19.3 Å². The van der Waals surface area contributed by atoms with E-state index in [9.17, 15) is 9.59 Å². The van der Waals surface area contributed by atoms with Crippen molar-refractivity contribution in [2.75, 3.05) is 24.5 Å². The number of aliphatic carboxylic acids is 1. The van der Waals surface area contributed by atoms with Crippen LogP contribution in [0.4, 0.5) is 5.69 Å². The number of carboxylic acids is 1. The summed E-state index contributed by atoms with van der Waals surface area (Å²) < 4.78 is 0. The summed E-state index contributed by atoms with van der Waals surface area (Å²) in [6.07, 6.45) is 1.59. The van der Waals surface area contributed by atoms with Crippen molar-refractivity contribution in [1.29, 1.82) is 0 Å². The number of benzene rings is 1. The molecule has 0 atom stereocenters. The Morgan fingerprint density at radius 3 is 2.45 bits per heavy atom. The maximum atomic E-state index is 12.6. The normalized spacial score (nSPS) is 15.8. The lowest BCUT2D eigenvalue weighted by Crippen LogP contribution is -2.42. The van der Waals surface area contributed by atoms with E-state index in [2.05, 4.69) is 5.32 Å². The van der Waals surface area contributed by atoms with Crippen molar-refractivity contribution >= 4 is 17.6 Å². The maximum Gasteiger partial charge on any atom is 0.305 e. The molecular formula is C15H20N2O3. The molecule has 0 bridgehead atoms. The molecule has 0 spiro atoms. The fourth-order valence-corrected chi connectivity index (χ4v) is 2.47. The van der Waals surface area contributed by atoms with Gasteiger partial charge in [-0.25, -0.2) is 0 Å². The fourth-order valence-electron chi connectivity index (χ4n) is 2.47. The molecule has 1 saturated heterocycles. The summed E-state index contributed by atoms with van der Waals surface area (Å²) in [4.78, 5) is 25.0. The first-order valence-corrected chi connectivity index (χ1v) is 6.97. The number of para-hydroxylation sites is 1. The van der Waals surface area contributed by atoms with Gasteiger partial charge < -0.3 is 15.3 Å². The van der Waals surface area contributed by atoms with Crippen molar-refractivity contribution in [3.63, 3.8) is 0 Å². The van der Waals surface area contributed by atoms with E-state index in [-0.39, 0.29) is 24.8 Å². The Bertz CT molecular complexity index is 455. The number of hydrogen-bond acceptors (Lipinski definition) is 3. The average Bonchev–Trinajstić information content (AvgIpc) is 2.49. The average molecular weight is 276 g/mol. The molecule has 1 fully saturated rings. The molecular weight excluding hydrogens is 256 g/mol. The topological polar surface area (TPSA) is 69.6 Å². The van der Waals surface area contributed by atoms with Crippen molar-refractivity contribution < 1.29 is 14.7 Å². The summed E-state index contributed by atoms with van der Waals surface area (Å²) >= 11 is 0. The zero-order valence-corrected chi connectivity index (χ0v) is 11.4. The van der Waals surface area contributed by atoms with Gasteiger partial charge in [0.2, 0.25) is 5.91 Å². The summed E-state index contributed by atoms with van der Waals surface area (Å²) in [5.41, 5.74) is 0.775. The monoisotopic (exact) mass is 276 g/mol. The van der Waals surface area contributed by atoms with Crippen molar-refractivity contribution in [1.82, 2.24) is 5.32 Å². The number of carbonyl (C=O) groups is 2. The van der Waals surface area contributed by atoms with E-state index >= 15 is 0 Å². The van der Waals surface area contributed by atoms with Gasteiger partial charge >= 0.3 is 5.97 Å². The molecule has 1 aromatic carbocycles. The second-order valence-electron chi connectivity index (χ2n) is 4.99. The summed E-state index contributed by atoms with van der Waals surface area (Å²) in [5.74, 6) is -0.853. The maximum absolute atomic E-state index is 12.6. The quantitative estimate of drug-likeness (QED) is 0.855. The summed E-state index contributed by atoms with van der Waals surface area (Å²) in [6.45, 7) is 1.91. The van der Waals surface area contributed by atoms with Gasteiger partial charge in [-0.15, -0.1) is 0 Å². The van der Waals surface area contributed by atoms with Crippen LogP contribution in [0.15, 0.2) is 30.3 Å². The van der Waals surface area contributed by atoms with Gasteiger partial charge in [-0.2, -0.15) is 0 Å². The van der Waals surface area contributed by atoms with Crippen LogP contribution in [0.3, 0.4) is 0 Å². The highest BCUT2D eigenvalue weighted by atomic mass is 16.4. The number of amides is 1. The highest BCUT2D eigenvalue weighted by Crippen LogP contribution is 2.21. The Morgan fingerprint density at radius 2 is 1.85 bits per heavy atom. The lowest BCUT2D eigenvalue weighted by atomic mass is 9.96. The number of hydrogen-bond donors (Lipinski definition) is 2. The number of piperidine rings is 1. The van der Waals surface area contributed by atoms with Crippen molar-refractivity contribution in [2.45, 2.75) is 19.3 Å². The second kappa shape index (κ2) is 7.05. The van der Waals surface area contributed by atoms with E-state index in [0.717, 1.165) is 31.6 Å². The molecule has 1 aromatic rings. The van der Waals surface area contributed by atoms with Gasteiger partial charge in [0.05, 0.1) is 6.42 Å². The minimum Gasteiger partial charge on any atom is -0.481 e. The van der Waals surface area contributed by atoms with Crippen LogP contribution in [-0.2, 0) is 9.59 Å². The molecule has 1 amide bonds. The van der Waals surface area contributed by atoms with Gasteiger partial charge in [-0.05, 0) is 38.1 Å². The first-order chi connectivity index (χ1) is 9.68. The lowest BCUT2D eigenvalue weighted by Gasteiger charge is -2.29.